The molecule has 1 aromatic carbocycles. The number of anilines is 1. The first-order valence-electron chi connectivity index (χ1n) is 5.42. The van der Waals surface area contributed by atoms with Crippen LogP contribution in [-0.2, 0) is 6.54 Å². The fourth-order valence-electron chi connectivity index (χ4n) is 1.76. The number of aryl methyl sites for hydroxylation is 2. The van der Waals surface area contributed by atoms with Crippen LogP contribution in [0.15, 0.2) is 24.4 Å². The number of nitrogens with two attached hydrogens (primary N) is 1. The summed E-state index contributed by atoms with van der Waals surface area (Å²) in [4.78, 5) is 0. The van der Waals surface area contributed by atoms with Crippen molar-refractivity contribution in [2.24, 2.45) is 0 Å². The van der Waals surface area contributed by atoms with Crippen molar-refractivity contribution < 1.29 is 0 Å². The first kappa shape index (κ1) is 10.7. The van der Waals surface area contributed by atoms with Crippen LogP contribution >= 0.6 is 0 Å². The third kappa shape index (κ3) is 1.81. The Morgan fingerprint density at radius 3 is 2.56 bits per heavy atom. The molecule has 2 aromatic rings. The van der Waals surface area contributed by atoms with Crippen LogP contribution < -0.4 is 5.73 Å². The molecule has 0 unspecified atom stereocenters. The number of benzene rings is 1. The highest BCUT2D eigenvalue weighted by Gasteiger charge is 2.06. The maximum atomic E-state index is 5.94. The largest absolute Gasteiger partial charge is 0.384 e. The van der Waals surface area contributed by atoms with E-state index in [0.29, 0.717) is 0 Å². The minimum Gasteiger partial charge on any atom is -0.384 e. The van der Waals surface area contributed by atoms with E-state index in [1.165, 1.54) is 16.7 Å². The minimum atomic E-state index is 0.743. The van der Waals surface area contributed by atoms with E-state index >= 15 is 0 Å². The Morgan fingerprint density at radius 2 is 1.94 bits per heavy atom. The lowest BCUT2D eigenvalue weighted by Crippen LogP contribution is -2.07. The highest BCUT2D eigenvalue weighted by atomic mass is 15.3. The number of hydrogen-bond acceptors (Lipinski definition) is 2. The van der Waals surface area contributed by atoms with E-state index in [4.69, 9.17) is 5.73 Å². The zero-order chi connectivity index (χ0) is 11.7. The maximum Gasteiger partial charge on any atom is 0.124 e. The average molecular weight is 215 g/mol. The van der Waals surface area contributed by atoms with E-state index in [-0.39, 0.29) is 0 Å². The predicted octanol–water partition coefficient (Wildman–Crippen LogP) is 2.44. The Kier molecular flexibility index (Phi) is 2.69. The molecular weight excluding hydrogens is 198 g/mol. The SMILES string of the molecule is Cc1cccc(Cn2ncc(C)c2N)c1C. The molecule has 0 radical (unpaired) electrons. The normalized spacial score (nSPS) is 10.7. The van der Waals surface area contributed by atoms with Gasteiger partial charge in [0.2, 0.25) is 0 Å². The smallest absolute Gasteiger partial charge is 0.124 e. The summed E-state index contributed by atoms with van der Waals surface area (Å²) in [5.41, 5.74) is 10.9. The zero-order valence-corrected chi connectivity index (χ0v) is 9.99. The van der Waals surface area contributed by atoms with Gasteiger partial charge in [-0.25, -0.2) is 4.68 Å². The second-order valence-electron chi connectivity index (χ2n) is 4.23. The summed E-state index contributed by atoms with van der Waals surface area (Å²) < 4.78 is 1.84. The van der Waals surface area contributed by atoms with E-state index < -0.39 is 0 Å². The Hall–Kier alpha value is -1.77. The monoisotopic (exact) mass is 215 g/mol. The van der Waals surface area contributed by atoms with Crippen LogP contribution in [0.2, 0.25) is 0 Å². The van der Waals surface area contributed by atoms with Gasteiger partial charge in [-0.3, -0.25) is 0 Å². The molecule has 0 bridgehead atoms. The molecular formula is C13H17N3. The summed E-state index contributed by atoms with van der Waals surface area (Å²) in [7, 11) is 0. The van der Waals surface area contributed by atoms with Gasteiger partial charge in [0.25, 0.3) is 0 Å². The van der Waals surface area contributed by atoms with Crippen LogP contribution in [0.5, 0.6) is 0 Å². The fraction of sp³-hybridized carbons (Fsp3) is 0.308. The third-order valence-electron chi connectivity index (χ3n) is 3.11. The van der Waals surface area contributed by atoms with Gasteiger partial charge in [0.1, 0.15) is 5.82 Å². The van der Waals surface area contributed by atoms with Crippen molar-refractivity contribution in [3.05, 3.63) is 46.6 Å². The molecule has 84 valence electrons. The van der Waals surface area contributed by atoms with Crippen molar-refractivity contribution in [1.29, 1.82) is 0 Å². The summed E-state index contributed by atoms with van der Waals surface area (Å²) in [5.74, 6) is 0.751. The van der Waals surface area contributed by atoms with Crippen LogP contribution in [0.1, 0.15) is 22.3 Å². The summed E-state index contributed by atoms with van der Waals surface area (Å²) in [6.45, 7) is 6.98. The lowest BCUT2D eigenvalue weighted by atomic mass is 10.0. The van der Waals surface area contributed by atoms with E-state index in [2.05, 4.69) is 37.1 Å². The first-order chi connectivity index (χ1) is 7.59. The van der Waals surface area contributed by atoms with Gasteiger partial charge in [-0.1, -0.05) is 18.2 Å². The molecule has 3 heteroatoms. The molecule has 1 heterocycles. The average Bonchev–Trinajstić information content (AvgIpc) is 2.57. The van der Waals surface area contributed by atoms with Crippen LogP contribution in [0.4, 0.5) is 5.82 Å². The molecule has 0 aliphatic carbocycles. The van der Waals surface area contributed by atoms with Gasteiger partial charge in [0.15, 0.2) is 0 Å². The van der Waals surface area contributed by atoms with E-state index in [0.717, 1.165) is 17.9 Å². The van der Waals surface area contributed by atoms with E-state index in [1.54, 1.807) is 6.20 Å². The number of nitrogens with zero attached hydrogens (tertiary/aromatic N) is 2. The lowest BCUT2D eigenvalue weighted by Gasteiger charge is -2.09. The summed E-state index contributed by atoms with van der Waals surface area (Å²) in [5, 5.41) is 4.27. The fourth-order valence-corrected chi connectivity index (χ4v) is 1.76. The molecule has 0 atom stereocenters. The molecule has 0 spiro atoms. The van der Waals surface area contributed by atoms with Crippen molar-refractivity contribution in [2.45, 2.75) is 27.3 Å². The standard InChI is InChI=1S/C13H17N3/c1-9-5-4-6-12(11(9)3)8-16-13(14)10(2)7-15-16/h4-7H,8,14H2,1-3H3. The number of nitrogen functional groups attached to an aromatic ring is 1. The Balaban J connectivity index is 2.34. The Labute approximate surface area is 95.9 Å². The Morgan fingerprint density at radius 1 is 1.19 bits per heavy atom. The van der Waals surface area contributed by atoms with Crippen LogP contribution in [-0.4, -0.2) is 9.78 Å². The lowest BCUT2D eigenvalue weighted by molar-refractivity contribution is 0.693. The second kappa shape index (κ2) is 4.00. The molecule has 3 nitrogen and oxygen atoms in total. The second-order valence-corrected chi connectivity index (χ2v) is 4.23. The maximum absolute atomic E-state index is 5.94. The van der Waals surface area contributed by atoms with Crippen molar-refractivity contribution in [3.63, 3.8) is 0 Å². The highest BCUT2D eigenvalue weighted by Crippen LogP contribution is 2.16. The minimum absolute atomic E-state index is 0.743. The summed E-state index contributed by atoms with van der Waals surface area (Å²) in [6, 6.07) is 6.32. The van der Waals surface area contributed by atoms with Gasteiger partial charge in [-0.15, -0.1) is 0 Å². The quantitative estimate of drug-likeness (QED) is 0.836. The van der Waals surface area contributed by atoms with Gasteiger partial charge >= 0.3 is 0 Å². The molecule has 1 aromatic heterocycles. The molecule has 0 saturated heterocycles. The Bertz CT molecular complexity index is 512. The number of hydrogen-bond donors (Lipinski definition) is 1. The van der Waals surface area contributed by atoms with Gasteiger partial charge < -0.3 is 5.73 Å². The number of rotatable bonds is 2. The molecule has 2 N–H and O–H groups in total. The molecule has 0 aliphatic heterocycles. The van der Waals surface area contributed by atoms with Crippen molar-refractivity contribution in [2.75, 3.05) is 5.73 Å². The topological polar surface area (TPSA) is 43.8 Å². The van der Waals surface area contributed by atoms with Crippen molar-refractivity contribution >= 4 is 5.82 Å². The van der Waals surface area contributed by atoms with Gasteiger partial charge in [0, 0.05) is 5.56 Å². The van der Waals surface area contributed by atoms with Crippen molar-refractivity contribution in [1.82, 2.24) is 9.78 Å². The van der Waals surface area contributed by atoms with Crippen molar-refractivity contribution in [3.8, 4) is 0 Å². The number of aromatic nitrogens is 2. The molecule has 0 amide bonds. The molecule has 2 rings (SSSR count). The van der Waals surface area contributed by atoms with E-state index in [1.807, 2.05) is 11.6 Å². The van der Waals surface area contributed by atoms with Crippen LogP contribution in [0, 0.1) is 20.8 Å². The zero-order valence-electron chi connectivity index (χ0n) is 9.99. The first-order valence-corrected chi connectivity index (χ1v) is 5.42. The third-order valence-corrected chi connectivity index (χ3v) is 3.11. The van der Waals surface area contributed by atoms with Crippen LogP contribution in [0.25, 0.3) is 0 Å². The predicted molar refractivity (Wildman–Crippen MR) is 66.4 cm³/mol. The van der Waals surface area contributed by atoms with Gasteiger partial charge in [-0.05, 0) is 37.5 Å². The van der Waals surface area contributed by atoms with Gasteiger partial charge in [0.05, 0.1) is 12.7 Å². The van der Waals surface area contributed by atoms with E-state index in [9.17, 15) is 0 Å². The molecule has 0 fully saturated rings. The summed E-state index contributed by atoms with van der Waals surface area (Å²) >= 11 is 0. The molecule has 0 aliphatic rings. The van der Waals surface area contributed by atoms with Gasteiger partial charge in [-0.2, -0.15) is 5.10 Å². The summed E-state index contributed by atoms with van der Waals surface area (Å²) in [6.07, 6.45) is 1.81. The van der Waals surface area contributed by atoms with Crippen LogP contribution in [0.3, 0.4) is 0 Å². The molecule has 16 heavy (non-hydrogen) atoms. The highest BCUT2D eigenvalue weighted by molar-refractivity contribution is 5.39. The molecule has 0 saturated carbocycles.